The summed E-state index contributed by atoms with van der Waals surface area (Å²) in [7, 11) is -0.297. The van der Waals surface area contributed by atoms with Gasteiger partial charge in [-0.2, -0.15) is 0 Å². The quantitative estimate of drug-likeness (QED) is 0.823. The first kappa shape index (κ1) is 19.3. The lowest BCUT2D eigenvalue weighted by Gasteiger charge is -2.50. The third-order valence-electron chi connectivity index (χ3n) is 6.85. The van der Waals surface area contributed by atoms with Crippen LogP contribution in [0.3, 0.4) is 0 Å². The Labute approximate surface area is 163 Å². The molecule has 3 aliphatic heterocycles. The number of β-amino-alcohol motifs (C(OH)–C–C–N with tert-alkyl or cyclic N) is 1. The first-order valence-electron chi connectivity index (χ1n) is 10.2. The second kappa shape index (κ2) is 6.48. The molecule has 27 heavy (non-hydrogen) atoms. The molecule has 6 heteroatoms. The SMILES string of the molecule is CC1(O)CN(C2CCN(c3ccc(B4OC(C)(C)C(C)(C)O4)cc3)CC2)C1. The fraction of sp³-hybridized carbons (Fsp3) is 0.714. The van der Waals surface area contributed by atoms with Crippen molar-refractivity contribution < 1.29 is 14.4 Å². The lowest BCUT2D eigenvalue weighted by Crippen LogP contribution is -2.64. The van der Waals surface area contributed by atoms with E-state index in [1.165, 1.54) is 5.69 Å². The molecular weight excluding hydrogens is 339 g/mol. The summed E-state index contributed by atoms with van der Waals surface area (Å²) in [6.45, 7) is 14.1. The van der Waals surface area contributed by atoms with Gasteiger partial charge in [0.2, 0.25) is 0 Å². The Balaban J connectivity index is 1.34. The minimum atomic E-state index is -0.472. The van der Waals surface area contributed by atoms with Gasteiger partial charge in [-0.3, -0.25) is 4.90 Å². The van der Waals surface area contributed by atoms with Crippen LogP contribution in [0.4, 0.5) is 5.69 Å². The smallest absolute Gasteiger partial charge is 0.399 e. The van der Waals surface area contributed by atoms with Gasteiger partial charge in [-0.15, -0.1) is 0 Å². The van der Waals surface area contributed by atoms with Gasteiger partial charge in [0.05, 0.1) is 16.8 Å². The average Bonchev–Trinajstić information content (AvgIpc) is 2.81. The number of piperidine rings is 1. The Morgan fingerprint density at radius 2 is 1.44 bits per heavy atom. The van der Waals surface area contributed by atoms with E-state index in [0.717, 1.165) is 44.5 Å². The second-order valence-electron chi connectivity index (χ2n) is 9.80. The number of hydrogen-bond acceptors (Lipinski definition) is 5. The van der Waals surface area contributed by atoms with Crippen LogP contribution in [-0.2, 0) is 9.31 Å². The third-order valence-corrected chi connectivity index (χ3v) is 6.85. The van der Waals surface area contributed by atoms with Gasteiger partial charge in [-0.25, -0.2) is 0 Å². The van der Waals surface area contributed by atoms with E-state index in [1.807, 2.05) is 6.92 Å². The van der Waals surface area contributed by atoms with E-state index < -0.39 is 5.60 Å². The number of anilines is 1. The Kier molecular flexibility index (Phi) is 4.62. The van der Waals surface area contributed by atoms with Crippen molar-refractivity contribution >= 4 is 18.3 Å². The normalized spacial score (nSPS) is 27.6. The molecule has 5 nitrogen and oxygen atoms in total. The van der Waals surface area contributed by atoms with Crippen molar-refractivity contribution in [1.82, 2.24) is 4.90 Å². The summed E-state index contributed by atoms with van der Waals surface area (Å²) in [5, 5.41) is 9.95. The van der Waals surface area contributed by atoms with Crippen LogP contribution in [0.15, 0.2) is 24.3 Å². The van der Waals surface area contributed by atoms with Crippen LogP contribution in [0.2, 0.25) is 0 Å². The molecule has 4 rings (SSSR count). The molecule has 0 aromatic heterocycles. The zero-order valence-electron chi connectivity index (χ0n) is 17.4. The molecule has 1 aromatic carbocycles. The Hall–Kier alpha value is -1.08. The molecule has 3 saturated heterocycles. The van der Waals surface area contributed by atoms with Crippen LogP contribution in [0.5, 0.6) is 0 Å². The average molecular weight is 372 g/mol. The minimum Gasteiger partial charge on any atom is -0.399 e. The summed E-state index contributed by atoms with van der Waals surface area (Å²) in [6.07, 6.45) is 2.32. The molecule has 3 aliphatic rings. The summed E-state index contributed by atoms with van der Waals surface area (Å²) in [5.41, 5.74) is 1.26. The van der Waals surface area contributed by atoms with Gasteiger partial charge in [0.25, 0.3) is 0 Å². The maximum absolute atomic E-state index is 9.95. The van der Waals surface area contributed by atoms with Crippen LogP contribution < -0.4 is 10.4 Å². The number of nitrogens with zero attached hydrogens (tertiary/aromatic N) is 2. The number of hydrogen-bond donors (Lipinski definition) is 1. The van der Waals surface area contributed by atoms with Crippen molar-refractivity contribution in [3.63, 3.8) is 0 Å². The zero-order valence-corrected chi connectivity index (χ0v) is 17.4. The van der Waals surface area contributed by atoms with E-state index in [1.54, 1.807) is 0 Å². The highest BCUT2D eigenvalue weighted by atomic mass is 16.7. The summed E-state index contributed by atoms with van der Waals surface area (Å²) in [5.74, 6) is 0. The van der Waals surface area contributed by atoms with E-state index in [-0.39, 0.29) is 18.3 Å². The molecule has 0 radical (unpaired) electrons. The lowest BCUT2D eigenvalue weighted by atomic mass is 9.79. The van der Waals surface area contributed by atoms with Crippen molar-refractivity contribution in [2.24, 2.45) is 0 Å². The lowest BCUT2D eigenvalue weighted by molar-refractivity contribution is -0.105. The molecule has 3 heterocycles. The Morgan fingerprint density at radius 3 is 1.93 bits per heavy atom. The maximum Gasteiger partial charge on any atom is 0.494 e. The Morgan fingerprint density at radius 1 is 0.926 bits per heavy atom. The zero-order chi connectivity index (χ0) is 19.4. The molecule has 0 spiro atoms. The fourth-order valence-corrected chi connectivity index (χ4v) is 4.40. The summed E-state index contributed by atoms with van der Waals surface area (Å²) < 4.78 is 12.3. The molecular formula is C21H33BN2O3. The highest BCUT2D eigenvalue weighted by Crippen LogP contribution is 2.36. The molecule has 1 N–H and O–H groups in total. The molecule has 148 valence electrons. The molecule has 0 bridgehead atoms. The van der Waals surface area contributed by atoms with Crippen molar-refractivity contribution in [2.75, 3.05) is 31.1 Å². The molecule has 3 fully saturated rings. The maximum atomic E-state index is 9.95. The van der Waals surface area contributed by atoms with Crippen LogP contribution in [0.25, 0.3) is 0 Å². The number of rotatable bonds is 3. The molecule has 0 saturated carbocycles. The van der Waals surface area contributed by atoms with E-state index in [2.05, 4.69) is 61.8 Å². The van der Waals surface area contributed by atoms with Gasteiger partial charge in [0, 0.05) is 37.9 Å². The predicted octanol–water partition coefficient (Wildman–Crippen LogP) is 2.02. The predicted molar refractivity (Wildman–Crippen MR) is 110 cm³/mol. The molecule has 0 amide bonds. The van der Waals surface area contributed by atoms with Crippen molar-refractivity contribution in [3.05, 3.63) is 24.3 Å². The first-order valence-corrected chi connectivity index (χ1v) is 10.2. The fourth-order valence-electron chi connectivity index (χ4n) is 4.40. The highest BCUT2D eigenvalue weighted by molar-refractivity contribution is 6.62. The van der Waals surface area contributed by atoms with Gasteiger partial charge in [-0.1, -0.05) is 12.1 Å². The highest BCUT2D eigenvalue weighted by Gasteiger charge is 2.51. The molecule has 1 aromatic rings. The largest absolute Gasteiger partial charge is 0.494 e. The Bertz CT molecular complexity index is 657. The second-order valence-corrected chi connectivity index (χ2v) is 9.80. The molecule has 0 unspecified atom stereocenters. The van der Waals surface area contributed by atoms with Crippen LogP contribution in [0.1, 0.15) is 47.5 Å². The van der Waals surface area contributed by atoms with Crippen molar-refractivity contribution in [3.8, 4) is 0 Å². The van der Waals surface area contributed by atoms with E-state index in [4.69, 9.17) is 9.31 Å². The number of benzene rings is 1. The van der Waals surface area contributed by atoms with Gasteiger partial charge in [0.15, 0.2) is 0 Å². The van der Waals surface area contributed by atoms with Crippen LogP contribution in [0, 0.1) is 0 Å². The monoisotopic (exact) mass is 372 g/mol. The number of aliphatic hydroxyl groups is 1. The summed E-state index contributed by atoms with van der Waals surface area (Å²) in [4.78, 5) is 4.89. The first-order chi connectivity index (χ1) is 12.6. The van der Waals surface area contributed by atoms with Crippen molar-refractivity contribution in [2.45, 2.75) is 70.3 Å². The van der Waals surface area contributed by atoms with Crippen LogP contribution in [-0.4, -0.2) is 66.1 Å². The summed E-state index contributed by atoms with van der Waals surface area (Å²) in [6, 6.07) is 9.27. The van der Waals surface area contributed by atoms with Crippen molar-refractivity contribution in [1.29, 1.82) is 0 Å². The third kappa shape index (κ3) is 3.65. The van der Waals surface area contributed by atoms with E-state index >= 15 is 0 Å². The topological polar surface area (TPSA) is 45.2 Å². The van der Waals surface area contributed by atoms with Gasteiger partial charge in [-0.05, 0) is 65.1 Å². The number of likely N-dealkylation sites (tertiary alicyclic amines) is 1. The van der Waals surface area contributed by atoms with E-state index in [0.29, 0.717) is 6.04 Å². The standard InChI is InChI=1S/C21H33BN2O3/c1-19(2)20(3,4)27-22(26-19)16-6-8-17(9-7-16)23-12-10-18(11-13-23)24-14-21(5,25)15-24/h6-9,18,25H,10-15H2,1-5H3. The van der Waals surface area contributed by atoms with Gasteiger partial charge in [0.1, 0.15) is 0 Å². The van der Waals surface area contributed by atoms with Gasteiger partial charge >= 0.3 is 7.12 Å². The van der Waals surface area contributed by atoms with Crippen LogP contribution >= 0.6 is 0 Å². The summed E-state index contributed by atoms with van der Waals surface area (Å²) >= 11 is 0. The molecule has 0 atom stereocenters. The van der Waals surface area contributed by atoms with Gasteiger partial charge < -0.3 is 19.3 Å². The van der Waals surface area contributed by atoms with E-state index in [9.17, 15) is 5.11 Å². The minimum absolute atomic E-state index is 0.297. The molecule has 0 aliphatic carbocycles.